The van der Waals surface area contributed by atoms with Crippen molar-refractivity contribution in [2.45, 2.75) is 125 Å². The molecule has 0 aliphatic carbocycles. The van der Waals surface area contributed by atoms with E-state index >= 15 is 0 Å². The summed E-state index contributed by atoms with van der Waals surface area (Å²) in [7, 11) is 0. The van der Waals surface area contributed by atoms with Crippen LogP contribution in [-0.2, 0) is 21.7 Å². The standard InChI is InChI=1S/C55H64N4O/c1-35(2)36-25-39(54(9,10)11)27-41(26-36)57-34-58(48-18-16-15-17-47(48)57)42-28-40(55(12,13)14)29-44(32-42)60-43-20-22-46-45-21-19-37(52(3,4)5)30-49(45)59(50(46)33-43)51-31-38(23-24-56-51)53(6,7)8/h15-33,35H,34H2,1-14H3. The third-order valence-corrected chi connectivity index (χ3v) is 12.3. The number of nitrogens with zero attached hydrogens (tertiary/aromatic N) is 4. The van der Waals surface area contributed by atoms with E-state index < -0.39 is 0 Å². The molecular formula is C55H64N4O. The molecule has 8 rings (SSSR count). The van der Waals surface area contributed by atoms with Gasteiger partial charge in [0.25, 0.3) is 0 Å². The van der Waals surface area contributed by atoms with Gasteiger partial charge < -0.3 is 14.5 Å². The molecule has 0 spiro atoms. The Morgan fingerprint density at radius 3 is 1.62 bits per heavy atom. The second-order valence-electron chi connectivity index (χ2n) is 21.4. The van der Waals surface area contributed by atoms with Crippen LogP contribution in [-0.4, -0.2) is 16.2 Å². The summed E-state index contributed by atoms with van der Waals surface area (Å²) in [6, 6.07) is 40.6. The first kappa shape index (κ1) is 41.2. The lowest BCUT2D eigenvalue weighted by molar-refractivity contribution is 0.479. The zero-order valence-corrected chi connectivity index (χ0v) is 38.5. The second kappa shape index (κ2) is 14.6. The molecule has 0 fully saturated rings. The van der Waals surface area contributed by atoms with Crippen LogP contribution >= 0.6 is 0 Å². The summed E-state index contributed by atoms with van der Waals surface area (Å²) < 4.78 is 9.31. The molecule has 1 aliphatic heterocycles. The molecule has 5 nitrogen and oxygen atoms in total. The zero-order valence-electron chi connectivity index (χ0n) is 38.5. The van der Waals surface area contributed by atoms with Gasteiger partial charge in [-0.15, -0.1) is 0 Å². The quantitative estimate of drug-likeness (QED) is 0.168. The van der Waals surface area contributed by atoms with Crippen molar-refractivity contribution in [1.82, 2.24) is 9.55 Å². The Morgan fingerprint density at radius 1 is 0.500 bits per heavy atom. The van der Waals surface area contributed by atoms with Gasteiger partial charge in [0.05, 0.1) is 22.4 Å². The Morgan fingerprint density at radius 2 is 1.03 bits per heavy atom. The van der Waals surface area contributed by atoms with Crippen LogP contribution in [0.2, 0.25) is 0 Å². The molecule has 0 unspecified atom stereocenters. The van der Waals surface area contributed by atoms with Crippen molar-refractivity contribution in [3.8, 4) is 17.3 Å². The number of anilines is 4. The highest BCUT2D eigenvalue weighted by atomic mass is 16.5. The normalized spacial score (nSPS) is 13.8. The van der Waals surface area contributed by atoms with Crippen LogP contribution in [0.25, 0.3) is 27.6 Å². The summed E-state index contributed by atoms with van der Waals surface area (Å²) in [5, 5.41) is 2.38. The van der Waals surface area contributed by atoms with Crippen LogP contribution in [0.15, 0.2) is 115 Å². The van der Waals surface area contributed by atoms with E-state index in [1.54, 1.807) is 0 Å². The van der Waals surface area contributed by atoms with Gasteiger partial charge >= 0.3 is 0 Å². The van der Waals surface area contributed by atoms with E-state index in [9.17, 15) is 0 Å². The summed E-state index contributed by atoms with van der Waals surface area (Å²) in [5.41, 5.74) is 13.3. The number of para-hydroxylation sites is 2. The average molecular weight is 797 g/mol. The van der Waals surface area contributed by atoms with E-state index in [0.29, 0.717) is 12.6 Å². The number of benzene rings is 5. The maximum Gasteiger partial charge on any atom is 0.137 e. The first-order chi connectivity index (χ1) is 28.1. The predicted octanol–water partition coefficient (Wildman–Crippen LogP) is 15.5. The molecule has 5 aromatic carbocycles. The molecule has 0 atom stereocenters. The predicted molar refractivity (Wildman–Crippen MR) is 256 cm³/mol. The SMILES string of the molecule is CC(C)c1cc(N2CN(c3cc(Oc4ccc5c6ccc(C(C)(C)C)cc6n(-c6cc(C(C)(C)C)ccn6)c5c4)cc(C(C)(C)C)c3)c3ccccc32)cc(C(C)(C)C)c1. The Balaban J connectivity index is 1.24. The van der Waals surface area contributed by atoms with Gasteiger partial charge in [0, 0.05) is 40.5 Å². The van der Waals surface area contributed by atoms with Crippen LogP contribution in [0.1, 0.15) is 131 Å². The van der Waals surface area contributed by atoms with E-state index in [1.165, 1.54) is 55.7 Å². The lowest BCUT2D eigenvalue weighted by Crippen LogP contribution is -2.25. The van der Waals surface area contributed by atoms with Gasteiger partial charge in [0.15, 0.2) is 0 Å². The van der Waals surface area contributed by atoms with E-state index in [2.05, 4.69) is 220 Å². The van der Waals surface area contributed by atoms with Crippen molar-refractivity contribution in [2.75, 3.05) is 16.5 Å². The Labute approximate surface area is 359 Å². The molecule has 0 radical (unpaired) electrons. The van der Waals surface area contributed by atoms with Crippen molar-refractivity contribution >= 4 is 44.6 Å². The molecule has 0 N–H and O–H groups in total. The molecule has 310 valence electrons. The number of hydrogen-bond acceptors (Lipinski definition) is 4. The molecule has 7 aromatic rings. The third-order valence-electron chi connectivity index (χ3n) is 12.3. The minimum Gasteiger partial charge on any atom is -0.457 e. The van der Waals surface area contributed by atoms with Gasteiger partial charge in [-0.05, 0) is 122 Å². The summed E-state index contributed by atoms with van der Waals surface area (Å²) in [4.78, 5) is 9.90. The molecule has 0 amide bonds. The first-order valence-electron chi connectivity index (χ1n) is 21.7. The lowest BCUT2D eigenvalue weighted by atomic mass is 9.84. The first-order valence-corrected chi connectivity index (χ1v) is 21.7. The molecule has 5 heteroatoms. The van der Waals surface area contributed by atoms with E-state index in [0.717, 1.165) is 34.0 Å². The maximum atomic E-state index is 6.99. The van der Waals surface area contributed by atoms with Crippen molar-refractivity contribution in [3.05, 3.63) is 143 Å². The van der Waals surface area contributed by atoms with Crippen LogP contribution < -0.4 is 14.5 Å². The highest BCUT2D eigenvalue weighted by molar-refractivity contribution is 6.09. The van der Waals surface area contributed by atoms with E-state index in [1.807, 2.05) is 6.20 Å². The highest BCUT2D eigenvalue weighted by Crippen LogP contribution is 2.47. The molecule has 2 aromatic heterocycles. The largest absolute Gasteiger partial charge is 0.457 e. The van der Waals surface area contributed by atoms with Crippen molar-refractivity contribution in [1.29, 1.82) is 0 Å². The molecular weight excluding hydrogens is 733 g/mol. The average Bonchev–Trinajstić information content (AvgIpc) is 3.72. The maximum absolute atomic E-state index is 6.99. The van der Waals surface area contributed by atoms with Gasteiger partial charge in [-0.1, -0.05) is 127 Å². The Bertz CT molecular complexity index is 2740. The molecule has 0 saturated heterocycles. The number of fused-ring (bicyclic) bond motifs is 4. The zero-order chi connectivity index (χ0) is 43.1. The Kier molecular flexibility index (Phi) is 10.0. The van der Waals surface area contributed by atoms with Crippen LogP contribution in [0.5, 0.6) is 11.5 Å². The fourth-order valence-electron chi connectivity index (χ4n) is 8.36. The van der Waals surface area contributed by atoms with Gasteiger partial charge in [0.1, 0.15) is 24.0 Å². The number of hydrogen-bond donors (Lipinski definition) is 0. The van der Waals surface area contributed by atoms with Gasteiger partial charge in [-0.2, -0.15) is 0 Å². The van der Waals surface area contributed by atoms with Crippen molar-refractivity contribution < 1.29 is 4.74 Å². The number of aromatic nitrogens is 2. The minimum atomic E-state index is -0.106. The lowest BCUT2D eigenvalue weighted by Gasteiger charge is -2.28. The van der Waals surface area contributed by atoms with Crippen LogP contribution in [0.3, 0.4) is 0 Å². The number of ether oxygens (including phenoxy) is 1. The van der Waals surface area contributed by atoms with Crippen molar-refractivity contribution in [3.63, 3.8) is 0 Å². The van der Waals surface area contributed by atoms with Gasteiger partial charge in [-0.3, -0.25) is 4.57 Å². The highest BCUT2D eigenvalue weighted by Gasteiger charge is 2.31. The van der Waals surface area contributed by atoms with Gasteiger partial charge in [0.2, 0.25) is 0 Å². The summed E-state index contributed by atoms with van der Waals surface area (Å²) in [6.45, 7) is 32.6. The molecule has 3 heterocycles. The molecule has 1 aliphatic rings. The molecule has 60 heavy (non-hydrogen) atoms. The van der Waals surface area contributed by atoms with E-state index in [-0.39, 0.29) is 21.7 Å². The molecule has 0 saturated carbocycles. The fourth-order valence-corrected chi connectivity index (χ4v) is 8.36. The fraction of sp³-hybridized carbons (Fsp3) is 0.364. The molecule has 0 bridgehead atoms. The number of rotatable bonds is 6. The number of pyridine rings is 1. The summed E-state index contributed by atoms with van der Waals surface area (Å²) >= 11 is 0. The van der Waals surface area contributed by atoms with Crippen molar-refractivity contribution in [2.24, 2.45) is 0 Å². The second-order valence-corrected chi connectivity index (χ2v) is 21.4. The van der Waals surface area contributed by atoms with Gasteiger partial charge in [-0.25, -0.2) is 4.98 Å². The summed E-state index contributed by atoms with van der Waals surface area (Å²) in [5.74, 6) is 2.94. The monoisotopic (exact) mass is 797 g/mol. The topological polar surface area (TPSA) is 33.5 Å². The Hall–Kier alpha value is -5.55. The van der Waals surface area contributed by atoms with Crippen LogP contribution in [0, 0.1) is 0 Å². The smallest absolute Gasteiger partial charge is 0.137 e. The minimum absolute atomic E-state index is 0.000580. The third kappa shape index (κ3) is 7.80. The summed E-state index contributed by atoms with van der Waals surface area (Å²) in [6.07, 6.45) is 1.95. The van der Waals surface area contributed by atoms with Crippen LogP contribution in [0.4, 0.5) is 22.7 Å². The van der Waals surface area contributed by atoms with E-state index in [4.69, 9.17) is 9.72 Å².